The van der Waals surface area contributed by atoms with E-state index < -0.39 is 0 Å². The molecule has 0 atom stereocenters. The molecule has 0 spiro atoms. The first kappa shape index (κ1) is 33.6. The van der Waals surface area contributed by atoms with Crippen LogP contribution in [0.2, 0.25) is 0 Å². The molecule has 2 aliphatic heterocycles. The number of para-hydroxylation sites is 4. The average Bonchev–Trinajstić information content (AvgIpc) is 3.83. The number of benzene rings is 9. The molecular formula is C56H40N2O2. The fraction of sp³-hybridized carbons (Fsp3) is 0.107. The number of furan rings is 2. The van der Waals surface area contributed by atoms with E-state index in [4.69, 9.17) is 8.83 Å². The summed E-state index contributed by atoms with van der Waals surface area (Å²) in [6.07, 6.45) is 0. The highest BCUT2D eigenvalue weighted by molar-refractivity contribution is 6.12. The van der Waals surface area contributed by atoms with Crippen molar-refractivity contribution >= 4 is 99.5 Å². The number of anilines is 6. The summed E-state index contributed by atoms with van der Waals surface area (Å²) in [6.45, 7) is 9.38. The highest BCUT2D eigenvalue weighted by atomic mass is 16.3. The smallest absolute Gasteiger partial charge is 0.137 e. The van der Waals surface area contributed by atoms with Gasteiger partial charge in [0.2, 0.25) is 0 Å². The molecule has 60 heavy (non-hydrogen) atoms. The normalized spacial score (nSPS) is 15.2. The van der Waals surface area contributed by atoms with Crippen LogP contribution in [0, 0.1) is 0 Å². The van der Waals surface area contributed by atoms with Crippen LogP contribution in [0.3, 0.4) is 0 Å². The molecule has 0 bridgehead atoms. The van der Waals surface area contributed by atoms with Crippen LogP contribution in [-0.4, -0.2) is 0 Å². The van der Waals surface area contributed by atoms with E-state index in [0.717, 1.165) is 66.6 Å². The van der Waals surface area contributed by atoms with Gasteiger partial charge in [0, 0.05) is 55.9 Å². The van der Waals surface area contributed by atoms with E-state index in [0.29, 0.717) is 0 Å². The highest BCUT2D eigenvalue weighted by Gasteiger charge is 2.39. The molecule has 0 aliphatic carbocycles. The first-order valence-electron chi connectivity index (χ1n) is 20.9. The number of hydrogen-bond acceptors (Lipinski definition) is 4. The Hall–Kier alpha value is -7.30. The maximum Gasteiger partial charge on any atom is 0.137 e. The standard InChI is InChI=1S/C56H40N2O2/c1-55(2)43-15-7-9-17-47(43)57(49-31-53-41(29-45(49)55)39-13-5-11-19-51(39)59-53)35-23-25-37-33(27-35)21-22-34-28-36(24-26-38(34)37)58-48-18-10-8-16-44(48)56(3,4)46-30-42-40-14-6-12-20-52(40)60-54(42)32-50(46)58/h5-32H,1-4H3. The van der Waals surface area contributed by atoms with E-state index >= 15 is 0 Å². The molecule has 2 aliphatic rings. The topological polar surface area (TPSA) is 32.8 Å². The van der Waals surface area contributed by atoms with Crippen molar-refractivity contribution in [3.8, 4) is 0 Å². The predicted molar refractivity (Wildman–Crippen MR) is 250 cm³/mol. The third-order valence-corrected chi connectivity index (χ3v) is 13.8. The van der Waals surface area contributed by atoms with Gasteiger partial charge in [-0.15, -0.1) is 0 Å². The molecular weight excluding hydrogens is 733 g/mol. The van der Waals surface area contributed by atoms with Crippen LogP contribution >= 0.6 is 0 Å². The lowest BCUT2D eigenvalue weighted by molar-refractivity contribution is 0.630. The van der Waals surface area contributed by atoms with Crippen molar-refractivity contribution in [1.29, 1.82) is 0 Å². The van der Waals surface area contributed by atoms with E-state index in [9.17, 15) is 0 Å². The summed E-state index contributed by atoms with van der Waals surface area (Å²) in [5.74, 6) is 0. The first-order chi connectivity index (χ1) is 29.2. The molecule has 0 N–H and O–H groups in total. The minimum atomic E-state index is -0.205. The summed E-state index contributed by atoms with van der Waals surface area (Å²) < 4.78 is 13.0. The van der Waals surface area contributed by atoms with Crippen molar-refractivity contribution < 1.29 is 8.83 Å². The lowest BCUT2D eigenvalue weighted by Gasteiger charge is -2.42. The van der Waals surface area contributed by atoms with E-state index in [1.807, 2.05) is 12.1 Å². The van der Waals surface area contributed by atoms with Gasteiger partial charge in [-0.25, -0.2) is 0 Å². The van der Waals surface area contributed by atoms with Crippen LogP contribution in [0.25, 0.3) is 65.4 Å². The van der Waals surface area contributed by atoms with Crippen molar-refractivity contribution in [2.45, 2.75) is 38.5 Å². The fourth-order valence-electron chi connectivity index (χ4n) is 10.7. The second-order valence-electron chi connectivity index (χ2n) is 17.8. The number of fused-ring (bicyclic) bond motifs is 13. The van der Waals surface area contributed by atoms with Gasteiger partial charge in [-0.2, -0.15) is 0 Å². The van der Waals surface area contributed by atoms with Crippen LogP contribution in [0.15, 0.2) is 179 Å². The van der Waals surface area contributed by atoms with E-state index in [1.54, 1.807) is 0 Å². The zero-order valence-corrected chi connectivity index (χ0v) is 33.9. The summed E-state index contributed by atoms with van der Waals surface area (Å²) in [5.41, 5.74) is 15.4. The monoisotopic (exact) mass is 772 g/mol. The van der Waals surface area contributed by atoms with E-state index in [1.165, 1.54) is 55.2 Å². The zero-order chi connectivity index (χ0) is 40.1. The third kappa shape index (κ3) is 4.45. The van der Waals surface area contributed by atoms with Gasteiger partial charge in [-0.1, -0.05) is 125 Å². The lowest BCUT2D eigenvalue weighted by Crippen LogP contribution is -2.30. The SMILES string of the molecule is CC1(C)c2ccccc2N(c2ccc3c(ccc4cc(N5c6ccccc6C(C)(C)c6cc7c(cc65)oc5ccccc57)ccc43)c2)c2cc3oc4ccccc4c3cc21. The van der Waals surface area contributed by atoms with Gasteiger partial charge in [0.15, 0.2) is 0 Å². The Kier molecular flexibility index (Phi) is 6.55. The molecule has 0 saturated carbocycles. The van der Waals surface area contributed by atoms with Crippen molar-refractivity contribution in [1.82, 2.24) is 0 Å². The molecule has 4 nitrogen and oxygen atoms in total. The Bertz CT molecular complexity index is 3400. The fourth-order valence-corrected chi connectivity index (χ4v) is 10.7. The molecule has 0 amide bonds. The molecule has 286 valence electrons. The Morgan fingerprint density at radius 1 is 0.317 bits per heavy atom. The van der Waals surface area contributed by atoms with Gasteiger partial charge >= 0.3 is 0 Å². The lowest BCUT2D eigenvalue weighted by atomic mass is 9.73. The van der Waals surface area contributed by atoms with E-state index in [2.05, 4.69) is 195 Å². The zero-order valence-electron chi connectivity index (χ0n) is 33.9. The van der Waals surface area contributed by atoms with Crippen molar-refractivity contribution in [2.75, 3.05) is 9.80 Å². The number of nitrogens with zero attached hydrogens (tertiary/aromatic N) is 2. The van der Waals surface area contributed by atoms with Gasteiger partial charge in [0.05, 0.1) is 22.7 Å². The largest absolute Gasteiger partial charge is 0.456 e. The van der Waals surface area contributed by atoms with Crippen LogP contribution < -0.4 is 9.80 Å². The summed E-state index contributed by atoms with van der Waals surface area (Å²) in [7, 11) is 0. The molecule has 13 rings (SSSR count). The minimum Gasteiger partial charge on any atom is -0.456 e. The first-order valence-corrected chi connectivity index (χ1v) is 20.9. The average molecular weight is 773 g/mol. The molecule has 2 aromatic heterocycles. The third-order valence-electron chi connectivity index (χ3n) is 13.8. The Labute approximate surface area is 347 Å². The highest BCUT2D eigenvalue weighted by Crippen LogP contribution is 2.56. The van der Waals surface area contributed by atoms with Gasteiger partial charge in [-0.05, 0) is 104 Å². The van der Waals surface area contributed by atoms with Gasteiger partial charge in [0.1, 0.15) is 22.3 Å². The maximum absolute atomic E-state index is 6.48. The van der Waals surface area contributed by atoms with E-state index in [-0.39, 0.29) is 10.8 Å². The van der Waals surface area contributed by atoms with Crippen LogP contribution in [0.5, 0.6) is 0 Å². The summed E-state index contributed by atoms with van der Waals surface area (Å²) >= 11 is 0. The maximum atomic E-state index is 6.48. The van der Waals surface area contributed by atoms with Crippen molar-refractivity contribution in [3.63, 3.8) is 0 Å². The van der Waals surface area contributed by atoms with Crippen LogP contribution in [0.1, 0.15) is 49.9 Å². The Morgan fingerprint density at radius 2 is 0.733 bits per heavy atom. The van der Waals surface area contributed by atoms with Crippen LogP contribution in [0.4, 0.5) is 34.1 Å². The Balaban J connectivity index is 0.962. The molecule has 4 heterocycles. The molecule has 4 heteroatoms. The molecule has 11 aromatic rings. The minimum absolute atomic E-state index is 0.205. The molecule has 9 aromatic carbocycles. The Morgan fingerprint density at radius 3 is 1.20 bits per heavy atom. The number of hydrogen-bond donors (Lipinski definition) is 0. The molecule has 0 radical (unpaired) electrons. The van der Waals surface area contributed by atoms with Gasteiger partial charge in [-0.3, -0.25) is 0 Å². The molecule has 0 fully saturated rings. The molecule has 0 saturated heterocycles. The van der Waals surface area contributed by atoms with Gasteiger partial charge in [0.25, 0.3) is 0 Å². The number of rotatable bonds is 2. The second kappa shape index (κ2) is 11.7. The van der Waals surface area contributed by atoms with Crippen molar-refractivity contribution in [2.24, 2.45) is 0 Å². The summed E-state index contributed by atoms with van der Waals surface area (Å²) in [6, 6.07) is 62.1. The summed E-state index contributed by atoms with van der Waals surface area (Å²) in [4.78, 5) is 4.86. The predicted octanol–water partition coefficient (Wildman–Crippen LogP) is 16.0. The molecule has 0 unspecified atom stereocenters. The van der Waals surface area contributed by atoms with Crippen molar-refractivity contribution in [3.05, 3.63) is 192 Å². The van der Waals surface area contributed by atoms with Gasteiger partial charge < -0.3 is 18.6 Å². The quantitative estimate of drug-likeness (QED) is 0.164. The van der Waals surface area contributed by atoms with Crippen LogP contribution in [-0.2, 0) is 10.8 Å². The summed E-state index contributed by atoms with van der Waals surface area (Å²) in [5, 5.41) is 9.47. The second-order valence-corrected chi connectivity index (χ2v) is 17.8.